The molecule has 22 heavy (non-hydrogen) atoms. The summed E-state index contributed by atoms with van der Waals surface area (Å²) in [6.07, 6.45) is -2.61. The number of alkyl halides is 3. The number of anilines is 1. The molecule has 1 atom stereocenters. The summed E-state index contributed by atoms with van der Waals surface area (Å²) in [5, 5.41) is 0. The van der Waals surface area contributed by atoms with Gasteiger partial charge in [-0.05, 0) is 6.92 Å². The van der Waals surface area contributed by atoms with Gasteiger partial charge in [-0.1, -0.05) is 0 Å². The monoisotopic (exact) mass is 317 g/mol. The number of nitrogens with zero attached hydrogens (tertiary/aromatic N) is 4. The van der Waals surface area contributed by atoms with Gasteiger partial charge in [0.15, 0.2) is 0 Å². The normalized spacial score (nSPS) is 17.5. The summed E-state index contributed by atoms with van der Waals surface area (Å²) in [6.45, 7) is 3.70. The Labute approximate surface area is 126 Å². The van der Waals surface area contributed by atoms with Crippen molar-refractivity contribution < 1.29 is 18.0 Å². The van der Waals surface area contributed by atoms with Crippen molar-refractivity contribution in [3.8, 4) is 0 Å². The van der Waals surface area contributed by atoms with Gasteiger partial charge >= 0.3 is 6.18 Å². The fraction of sp³-hybridized carbons (Fsp3) is 0.615. The van der Waals surface area contributed by atoms with Crippen LogP contribution in [0.25, 0.3) is 0 Å². The van der Waals surface area contributed by atoms with Crippen molar-refractivity contribution in [1.29, 1.82) is 0 Å². The molecule has 122 valence electrons. The molecule has 1 aromatic heterocycles. The first-order chi connectivity index (χ1) is 10.3. The Morgan fingerprint density at radius 1 is 1.27 bits per heavy atom. The Balaban J connectivity index is 1.93. The summed E-state index contributed by atoms with van der Waals surface area (Å²) in [7, 11) is 0. The van der Waals surface area contributed by atoms with Gasteiger partial charge in [-0.25, -0.2) is 9.97 Å². The summed E-state index contributed by atoms with van der Waals surface area (Å²) in [4.78, 5) is 22.9. The third kappa shape index (κ3) is 4.06. The first-order valence-electron chi connectivity index (χ1n) is 6.95. The molecule has 1 fully saturated rings. The van der Waals surface area contributed by atoms with Crippen LogP contribution in [0.2, 0.25) is 0 Å². The van der Waals surface area contributed by atoms with E-state index in [1.807, 2.05) is 0 Å². The van der Waals surface area contributed by atoms with Crippen molar-refractivity contribution in [1.82, 2.24) is 14.9 Å². The third-order valence-electron chi connectivity index (χ3n) is 3.38. The molecule has 9 heteroatoms. The molecular weight excluding hydrogens is 299 g/mol. The minimum atomic E-state index is -4.44. The summed E-state index contributed by atoms with van der Waals surface area (Å²) in [5.74, 6) is 0.232. The Kier molecular flexibility index (Phi) is 4.84. The van der Waals surface area contributed by atoms with Gasteiger partial charge in [-0.15, -0.1) is 0 Å². The van der Waals surface area contributed by atoms with Crippen molar-refractivity contribution in [2.24, 2.45) is 5.73 Å². The molecular formula is C13H18F3N5O. The van der Waals surface area contributed by atoms with Crippen molar-refractivity contribution in [2.45, 2.75) is 25.6 Å². The number of rotatable bonds is 3. The lowest BCUT2D eigenvalue weighted by molar-refractivity contribution is -0.138. The number of nitrogens with two attached hydrogens (primary N) is 1. The average Bonchev–Trinajstić information content (AvgIpc) is 2.46. The molecule has 1 aromatic rings. The molecule has 2 heterocycles. The van der Waals surface area contributed by atoms with E-state index in [-0.39, 0.29) is 24.3 Å². The fourth-order valence-corrected chi connectivity index (χ4v) is 2.19. The molecule has 1 aliphatic rings. The predicted octanol–water partition coefficient (Wildman–Crippen LogP) is 0.881. The van der Waals surface area contributed by atoms with E-state index in [0.29, 0.717) is 26.2 Å². The zero-order valence-electron chi connectivity index (χ0n) is 12.2. The maximum atomic E-state index is 12.5. The number of amides is 1. The smallest absolute Gasteiger partial charge is 0.339 e. The maximum Gasteiger partial charge on any atom is 0.419 e. The van der Waals surface area contributed by atoms with E-state index in [2.05, 4.69) is 9.97 Å². The second-order valence-corrected chi connectivity index (χ2v) is 5.32. The van der Waals surface area contributed by atoms with E-state index in [1.54, 1.807) is 16.7 Å². The number of carbonyl (C=O) groups is 1. The number of aromatic nitrogens is 2. The molecule has 0 aliphatic carbocycles. The quantitative estimate of drug-likeness (QED) is 0.896. The second kappa shape index (κ2) is 6.47. The van der Waals surface area contributed by atoms with Crippen molar-refractivity contribution >= 4 is 11.9 Å². The van der Waals surface area contributed by atoms with Crippen molar-refractivity contribution in [3.05, 3.63) is 18.0 Å². The Morgan fingerprint density at radius 3 is 2.27 bits per heavy atom. The van der Waals surface area contributed by atoms with Crippen LogP contribution in [0.5, 0.6) is 0 Å². The molecule has 1 amide bonds. The zero-order valence-corrected chi connectivity index (χ0v) is 12.2. The van der Waals surface area contributed by atoms with Gasteiger partial charge in [0.05, 0.1) is 5.56 Å². The minimum absolute atomic E-state index is 0.0111. The predicted molar refractivity (Wildman–Crippen MR) is 74.1 cm³/mol. The average molecular weight is 317 g/mol. The van der Waals surface area contributed by atoms with Crippen LogP contribution in [0.15, 0.2) is 12.4 Å². The molecule has 0 aromatic carbocycles. The lowest BCUT2D eigenvalue weighted by Gasteiger charge is -2.35. The highest BCUT2D eigenvalue weighted by Gasteiger charge is 2.32. The second-order valence-electron chi connectivity index (χ2n) is 5.32. The number of carbonyl (C=O) groups excluding carboxylic acids is 1. The highest BCUT2D eigenvalue weighted by molar-refractivity contribution is 5.77. The Bertz CT molecular complexity index is 509. The first-order valence-corrected chi connectivity index (χ1v) is 6.95. The van der Waals surface area contributed by atoms with Gasteiger partial charge < -0.3 is 15.5 Å². The van der Waals surface area contributed by atoms with E-state index in [1.165, 1.54) is 0 Å². The highest BCUT2D eigenvalue weighted by Crippen LogP contribution is 2.28. The SMILES string of the molecule is CC(N)CC(=O)N1CCN(c2ncc(C(F)(F)F)cn2)CC1. The molecule has 1 saturated heterocycles. The van der Waals surface area contributed by atoms with Crippen LogP contribution < -0.4 is 10.6 Å². The standard InChI is InChI=1S/C13H18F3N5O/c1-9(17)6-11(22)20-2-4-21(5-3-20)12-18-7-10(8-19-12)13(14,15)16/h7-9H,2-6,17H2,1H3. The Hall–Kier alpha value is -1.90. The number of piperazine rings is 1. The van der Waals surface area contributed by atoms with Gasteiger partial charge in [0.2, 0.25) is 11.9 Å². The fourth-order valence-electron chi connectivity index (χ4n) is 2.19. The molecule has 2 rings (SSSR count). The molecule has 0 radical (unpaired) electrons. The number of hydrogen-bond acceptors (Lipinski definition) is 5. The summed E-state index contributed by atoms with van der Waals surface area (Å²) in [5.41, 5.74) is 4.72. The lowest BCUT2D eigenvalue weighted by atomic mass is 10.2. The summed E-state index contributed by atoms with van der Waals surface area (Å²) in [6, 6.07) is -0.191. The molecule has 0 spiro atoms. The van der Waals surface area contributed by atoms with E-state index < -0.39 is 11.7 Å². The molecule has 2 N–H and O–H groups in total. The van der Waals surface area contributed by atoms with E-state index in [4.69, 9.17) is 5.73 Å². The lowest BCUT2D eigenvalue weighted by Crippen LogP contribution is -2.50. The largest absolute Gasteiger partial charge is 0.419 e. The number of halogens is 3. The van der Waals surface area contributed by atoms with Gasteiger partial charge in [0.1, 0.15) is 0 Å². The third-order valence-corrected chi connectivity index (χ3v) is 3.38. The van der Waals surface area contributed by atoms with Crippen LogP contribution in [0.4, 0.5) is 19.1 Å². The van der Waals surface area contributed by atoms with Gasteiger partial charge in [0, 0.05) is 51.0 Å². The van der Waals surface area contributed by atoms with Gasteiger partial charge in [-0.2, -0.15) is 13.2 Å². The van der Waals surface area contributed by atoms with Crippen LogP contribution in [0.1, 0.15) is 18.9 Å². The Morgan fingerprint density at radius 2 is 1.82 bits per heavy atom. The molecule has 0 saturated carbocycles. The number of hydrogen-bond donors (Lipinski definition) is 1. The van der Waals surface area contributed by atoms with E-state index in [9.17, 15) is 18.0 Å². The highest BCUT2D eigenvalue weighted by atomic mass is 19.4. The molecule has 6 nitrogen and oxygen atoms in total. The maximum absolute atomic E-state index is 12.5. The van der Waals surface area contributed by atoms with Crippen LogP contribution in [0, 0.1) is 0 Å². The van der Waals surface area contributed by atoms with Crippen molar-refractivity contribution in [2.75, 3.05) is 31.1 Å². The summed E-state index contributed by atoms with van der Waals surface area (Å²) < 4.78 is 37.4. The zero-order chi connectivity index (χ0) is 16.3. The minimum Gasteiger partial charge on any atom is -0.339 e. The van der Waals surface area contributed by atoms with Crippen molar-refractivity contribution in [3.63, 3.8) is 0 Å². The van der Waals surface area contributed by atoms with Crippen LogP contribution in [-0.4, -0.2) is 53.0 Å². The topological polar surface area (TPSA) is 75.4 Å². The van der Waals surface area contributed by atoms with E-state index >= 15 is 0 Å². The summed E-state index contributed by atoms with van der Waals surface area (Å²) >= 11 is 0. The molecule has 1 aliphatic heterocycles. The van der Waals surface area contributed by atoms with Gasteiger partial charge in [0.25, 0.3) is 0 Å². The first kappa shape index (κ1) is 16.5. The van der Waals surface area contributed by atoms with Gasteiger partial charge in [-0.3, -0.25) is 4.79 Å². The van der Waals surface area contributed by atoms with Crippen LogP contribution in [0.3, 0.4) is 0 Å². The van der Waals surface area contributed by atoms with E-state index in [0.717, 1.165) is 12.4 Å². The van der Waals surface area contributed by atoms with Crippen LogP contribution in [-0.2, 0) is 11.0 Å². The molecule has 1 unspecified atom stereocenters. The van der Waals surface area contributed by atoms with Crippen LogP contribution >= 0.6 is 0 Å². The molecule has 0 bridgehead atoms.